The molecule has 0 aliphatic rings. The fourth-order valence-corrected chi connectivity index (χ4v) is 23.6. The van der Waals surface area contributed by atoms with E-state index in [1.54, 1.807) is 0 Å². The number of amides is 1. The second kappa shape index (κ2) is 7.53. The van der Waals surface area contributed by atoms with Gasteiger partial charge in [-0.2, -0.15) is 0 Å². The molecule has 0 aliphatic heterocycles. The van der Waals surface area contributed by atoms with Gasteiger partial charge in [-0.15, -0.1) is 0 Å². The summed E-state index contributed by atoms with van der Waals surface area (Å²) in [5.41, 5.74) is 5.55. The quantitative estimate of drug-likeness (QED) is 0.219. The minimum absolute atomic E-state index is 0.442. The molecule has 3 nitrogen and oxygen atoms in total. The molecule has 0 atom stereocenters. The predicted octanol–water partition coefficient (Wildman–Crippen LogP) is 6.94. The van der Waals surface area contributed by atoms with Gasteiger partial charge in [0.2, 0.25) is 0 Å². The van der Waals surface area contributed by atoms with Crippen LogP contribution in [0.1, 0.15) is 79.1 Å². The van der Waals surface area contributed by atoms with E-state index in [2.05, 4.69) is 27.7 Å². The van der Waals surface area contributed by atoms with Crippen LogP contribution in [0.25, 0.3) is 0 Å². The van der Waals surface area contributed by atoms with Crippen LogP contribution in [-0.2, 0) is 18.9 Å². The molecule has 0 bridgehead atoms. The molecule has 1 amide bonds. The van der Waals surface area contributed by atoms with Gasteiger partial charge in [0.05, 0.1) is 0 Å². The molecule has 0 heterocycles. The molecule has 0 aromatic heterocycles. The molecule has 0 aromatic rings. The number of halogens is 2. The number of carbonyl (C=O) groups is 2. The molecule has 6 heteroatoms. The third-order valence-corrected chi connectivity index (χ3v) is 28.6. The van der Waals surface area contributed by atoms with Crippen molar-refractivity contribution in [1.82, 2.24) is 0 Å². The summed E-state index contributed by atoms with van der Waals surface area (Å²) in [5, 5.41) is 1.77. The van der Waals surface area contributed by atoms with Crippen LogP contribution in [-0.4, -0.2) is 10.3 Å². The molecule has 0 fully saturated rings. The Morgan fingerprint density at radius 2 is 0.958 bits per heavy atom. The van der Waals surface area contributed by atoms with Crippen LogP contribution in [0, 0.1) is 0 Å². The predicted molar refractivity (Wildman–Crippen MR) is 105 cm³/mol. The summed E-state index contributed by atoms with van der Waals surface area (Å²) in [6, 6.07) is 0. The summed E-state index contributed by atoms with van der Waals surface area (Å²) < 4.78 is -0.627. The Morgan fingerprint density at radius 1 is 0.708 bits per heavy atom. The maximum absolute atomic E-state index is 13.5. The molecule has 0 rings (SSSR count). The topological polar surface area (TPSA) is 60.2 Å². The van der Waals surface area contributed by atoms with E-state index in [0.29, 0.717) is 20.1 Å². The van der Waals surface area contributed by atoms with Crippen LogP contribution in [0.5, 0.6) is 0 Å². The Bertz CT molecular complexity index is 444. The number of hydrogen-bond acceptors (Lipinski definition) is 2. The number of hydrogen-bond donors (Lipinski definition) is 1. The van der Waals surface area contributed by atoms with Gasteiger partial charge >= 0.3 is 153 Å². The molecule has 0 saturated carbocycles. The average Bonchev–Trinajstić information content (AvgIpc) is 2.56. The molecule has 24 heavy (non-hydrogen) atoms. The van der Waals surface area contributed by atoms with Crippen molar-refractivity contribution in [2.75, 3.05) is 0 Å². The van der Waals surface area contributed by atoms with Crippen molar-refractivity contribution in [3.63, 3.8) is 0 Å². The Balaban J connectivity index is 6.77. The van der Waals surface area contributed by atoms with Gasteiger partial charge in [-0.1, -0.05) is 0 Å². The van der Waals surface area contributed by atoms with E-state index >= 15 is 0 Å². The standard InChI is InChI=1S/4C4H9.C2H2NO2.2ClH.Rh/c4*1-3-4-2;3-2(5)1-4;;;/h4*1,3-4H2,2H3;(H2,3,5);2*1H;/q;;;;;;;+2/p-2. The maximum atomic E-state index is 13.5. The summed E-state index contributed by atoms with van der Waals surface area (Å²) in [6.45, 7) is 8.24. The average molecular weight is 474 g/mol. The van der Waals surface area contributed by atoms with Gasteiger partial charge in [0.1, 0.15) is 0 Å². The first kappa shape index (κ1) is 24.3. The first-order valence-electron chi connectivity index (χ1n) is 9.14. The monoisotopic (exact) mass is 473 g/mol. The van der Waals surface area contributed by atoms with E-state index in [9.17, 15) is 9.59 Å². The Labute approximate surface area is 153 Å². The zero-order valence-electron chi connectivity index (χ0n) is 16.0. The van der Waals surface area contributed by atoms with E-state index in [0.717, 1.165) is 51.4 Å². The van der Waals surface area contributed by atoms with Gasteiger partial charge in [-0.25, -0.2) is 0 Å². The number of carbonyl (C=O) groups excluding carboxylic acids is 2. The summed E-state index contributed by atoms with van der Waals surface area (Å²) in [4.78, 5) is 25.6. The third-order valence-electron chi connectivity index (χ3n) is 4.86. The van der Waals surface area contributed by atoms with Crippen molar-refractivity contribution in [2.24, 2.45) is 5.73 Å². The van der Waals surface area contributed by atoms with Gasteiger partial charge in [0, 0.05) is 0 Å². The molecule has 0 aliphatic carbocycles. The molecular weight excluding hydrogens is 436 g/mol. The van der Waals surface area contributed by atoms with Crippen molar-refractivity contribution >= 4 is 29.7 Å². The molecule has 2 N–H and O–H groups in total. The second-order valence-corrected chi connectivity index (χ2v) is 34.8. The van der Waals surface area contributed by atoms with Gasteiger partial charge in [-0.3, -0.25) is 0 Å². The number of unbranched alkanes of at least 4 members (excludes halogenated alkanes) is 4. The Hall–Kier alpha value is 0.343. The van der Waals surface area contributed by atoms with Crippen molar-refractivity contribution < 1.29 is 18.9 Å². The molecule has 150 valence electrons. The number of primary amides is 1. The molecule has 0 saturated heterocycles. The summed E-state index contributed by atoms with van der Waals surface area (Å²) in [7, 11) is 9.69. The number of rotatable bonds is 14. The SMILES string of the molecule is CCC[CH2][Rh]([Cl])([Cl])([CH2]CCC)([CH2]CCC)([CH2]CCC)[C](=O)C(N)=O. The first-order valence-corrected chi connectivity index (χ1v) is 18.8. The van der Waals surface area contributed by atoms with Crippen LogP contribution < -0.4 is 5.73 Å². The third kappa shape index (κ3) is 4.36. The van der Waals surface area contributed by atoms with E-state index in [1.165, 1.54) is 0 Å². The Kier molecular flexibility index (Phi) is 7.64. The molecule has 0 aromatic carbocycles. The molecule has 0 radical (unpaired) electrons. The zero-order valence-corrected chi connectivity index (χ0v) is 19.1. The summed E-state index contributed by atoms with van der Waals surface area (Å²) >= 11 is 0. The molecule has 0 unspecified atom stereocenters. The van der Waals surface area contributed by atoms with E-state index in [4.69, 9.17) is 25.1 Å². The van der Waals surface area contributed by atoms with Crippen molar-refractivity contribution in [2.45, 2.75) is 99.1 Å². The zero-order chi connectivity index (χ0) is 19.0. The van der Waals surface area contributed by atoms with Crippen LogP contribution in [0.15, 0.2) is 0 Å². The van der Waals surface area contributed by atoms with Crippen molar-refractivity contribution in [3.05, 3.63) is 0 Å². The molecule has 0 spiro atoms. The van der Waals surface area contributed by atoms with Crippen LogP contribution in [0.4, 0.5) is 0 Å². The van der Waals surface area contributed by atoms with Gasteiger partial charge in [-0.05, 0) is 0 Å². The fourth-order valence-electron chi connectivity index (χ4n) is 3.16. The van der Waals surface area contributed by atoms with E-state index < -0.39 is 19.6 Å². The first-order chi connectivity index (χ1) is 10.9. The normalized spacial score (nSPS) is 16.7. The van der Waals surface area contributed by atoms with Gasteiger partial charge in [0.25, 0.3) is 0 Å². The van der Waals surface area contributed by atoms with Crippen LogP contribution in [0.2, 0.25) is 20.1 Å². The van der Waals surface area contributed by atoms with Crippen molar-refractivity contribution in [3.8, 4) is 0 Å². The van der Waals surface area contributed by atoms with Crippen molar-refractivity contribution in [1.29, 1.82) is 0 Å². The van der Waals surface area contributed by atoms with Crippen LogP contribution in [0.3, 0.4) is 0 Å². The Morgan fingerprint density at radius 3 is 1.12 bits per heavy atom. The minimum atomic E-state index is -5.61. The van der Waals surface area contributed by atoms with E-state index in [-0.39, 0.29) is 0 Å². The van der Waals surface area contributed by atoms with Gasteiger partial charge in [0.15, 0.2) is 0 Å². The van der Waals surface area contributed by atoms with Crippen LogP contribution >= 0.6 is 19.4 Å². The second-order valence-electron chi connectivity index (χ2n) is 7.06. The number of nitrogens with two attached hydrogens (primary N) is 1. The molecular formula is C18H38Cl2NO2Rh. The van der Waals surface area contributed by atoms with Gasteiger partial charge < -0.3 is 0 Å². The fraction of sp³-hybridized carbons (Fsp3) is 0.889. The summed E-state index contributed by atoms with van der Waals surface area (Å²) in [5.74, 6) is -0.942. The summed E-state index contributed by atoms with van der Waals surface area (Å²) in [6.07, 6.45) is 6.57. The van der Waals surface area contributed by atoms with E-state index in [1.807, 2.05) is 0 Å².